The molecule has 1 saturated carbocycles. The summed E-state index contributed by atoms with van der Waals surface area (Å²) in [5, 5.41) is 0. The summed E-state index contributed by atoms with van der Waals surface area (Å²) in [6.07, 6.45) is 3.93. The zero-order valence-electron chi connectivity index (χ0n) is 13.1. The van der Waals surface area contributed by atoms with Crippen LogP contribution in [0.5, 0.6) is 5.75 Å². The monoisotopic (exact) mass is 277 g/mol. The fourth-order valence-corrected chi connectivity index (χ4v) is 3.02. The van der Waals surface area contributed by atoms with Crippen molar-refractivity contribution in [1.29, 1.82) is 0 Å². The minimum absolute atomic E-state index is 0.357. The van der Waals surface area contributed by atoms with E-state index in [4.69, 9.17) is 10.5 Å². The van der Waals surface area contributed by atoms with Gasteiger partial charge in [-0.3, -0.25) is 0 Å². The van der Waals surface area contributed by atoms with Gasteiger partial charge in [-0.2, -0.15) is 0 Å². The number of ether oxygens (including phenoxy) is 1. The summed E-state index contributed by atoms with van der Waals surface area (Å²) in [6.45, 7) is 1.97. The van der Waals surface area contributed by atoms with Crippen LogP contribution in [0.4, 0.5) is 5.69 Å². The van der Waals surface area contributed by atoms with E-state index in [1.165, 1.54) is 24.8 Å². The van der Waals surface area contributed by atoms with Gasteiger partial charge >= 0.3 is 0 Å². The average molecular weight is 277 g/mol. The Morgan fingerprint density at radius 3 is 2.40 bits per heavy atom. The third-order valence-corrected chi connectivity index (χ3v) is 4.59. The summed E-state index contributed by atoms with van der Waals surface area (Å²) in [6, 6.07) is 5.94. The fraction of sp³-hybridized carbons (Fsp3) is 0.625. The lowest BCUT2D eigenvalue weighted by molar-refractivity contribution is 0.0259. The molecule has 0 atom stereocenters. The Morgan fingerprint density at radius 1 is 1.25 bits per heavy atom. The number of nitrogens with zero attached hydrogens (tertiary/aromatic N) is 2. The Labute approximate surface area is 122 Å². The van der Waals surface area contributed by atoms with Crippen molar-refractivity contribution in [2.75, 3.05) is 40.5 Å². The topological polar surface area (TPSA) is 41.7 Å². The van der Waals surface area contributed by atoms with Crippen LogP contribution in [-0.2, 0) is 6.54 Å². The largest absolute Gasteiger partial charge is 0.497 e. The first-order valence-electron chi connectivity index (χ1n) is 7.25. The highest BCUT2D eigenvalue weighted by atomic mass is 16.5. The van der Waals surface area contributed by atoms with E-state index < -0.39 is 0 Å². The number of rotatable bonds is 6. The molecule has 0 saturated heterocycles. The van der Waals surface area contributed by atoms with E-state index in [0.29, 0.717) is 5.54 Å². The van der Waals surface area contributed by atoms with Gasteiger partial charge in [-0.1, -0.05) is 6.07 Å². The van der Waals surface area contributed by atoms with Gasteiger partial charge in [0.05, 0.1) is 7.11 Å². The molecule has 2 N–H and O–H groups in total. The van der Waals surface area contributed by atoms with Gasteiger partial charge < -0.3 is 20.3 Å². The molecule has 0 spiro atoms. The first-order chi connectivity index (χ1) is 9.47. The molecular formula is C16H27N3O. The number of likely N-dealkylation sites (N-methyl/N-ethyl adjacent to an activating group) is 2. The lowest BCUT2D eigenvalue weighted by atomic mass is 9.75. The molecule has 0 heterocycles. The highest BCUT2D eigenvalue weighted by molar-refractivity contribution is 5.51. The summed E-state index contributed by atoms with van der Waals surface area (Å²) in [7, 11) is 8.22. The molecule has 0 unspecified atom stereocenters. The Hall–Kier alpha value is -1.26. The fourth-order valence-electron chi connectivity index (χ4n) is 3.02. The van der Waals surface area contributed by atoms with Crippen molar-refractivity contribution in [2.24, 2.45) is 0 Å². The van der Waals surface area contributed by atoms with Gasteiger partial charge in [0, 0.05) is 30.4 Å². The molecule has 0 amide bonds. The van der Waals surface area contributed by atoms with Crippen LogP contribution in [0.3, 0.4) is 0 Å². The quantitative estimate of drug-likeness (QED) is 0.809. The van der Waals surface area contributed by atoms with Crippen LogP contribution >= 0.6 is 0 Å². The SMILES string of the molecule is COc1ccc(CN(C)CC2(N(C)C)CCC2)c(N)c1. The molecule has 1 aromatic carbocycles. The van der Waals surface area contributed by atoms with E-state index in [-0.39, 0.29) is 0 Å². The average Bonchev–Trinajstić information content (AvgIpc) is 2.35. The van der Waals surface area contributed by atoms with E-state index in [2.05, 4.69) is 37.0 Å². The lowest BCUT2D eigenvalue weighted by Gasteiger charge is -2.49. The second-order valence-corrected chi connectivity index (χ2v) is 6.21. The predicted molar refractivity (Wildman–Crippen MR) is 84.0 cm³/mol. The van der Waals surface area contributed by atoms with Gasteiger partial charge in [-0.05, 0) is 52.0 Å². The second kappa shape index (κ2) is 6.02. The van der Waals surface area contributed by atoms with Crippen LogP contribution in [0.1, 0.15) is 24.8 Å². The van der Waals surface area contributed by atoms with Crippen LogP contribution < -0.4 is 10.5 Å². The van der Waals surface area contributed by atoms with Crippen molar-refractivity contribution in [3.05, 3.63) is 23.8 Å². The minimum Gasteiger partial charge on any atom is -0.497 e. The third kappa shape index (κ3) is 3.07. The minimum atomic E-state index is 0.357. The molecule has 0 aromatic heterocycles. The maximum Gasteiger partial charge on any atom is 0.120 e. The lowest BCUT2D eigenvalue weighted by Crippen LogP contribution is -2.56. The van der Waals surface area contributed by atoms with Crippen molar-refractivity contribution in [1.82, 2.24) is 9.80 Å². The molecule has 1 aliphatic rings. The highest BCUT2D eigenvalue weighted by Gasteiger charge is 2.39. The summed E-state index contributed by atoms with van der Waals surface area (Å²) in [4.78, 5) is 4.75. The van der Waals surface area contributed by atoms with Crippen LogP contribution in [0.25, 0.3) is 0 Å². The van der Waals surface area contributed by atoms with E-state index in [1.54, 1.807) is 7.11 Å². The first kappa shape index (κ1) is 15.1. The Balaban J connectivity index is 1.99. The predicted octanol–water partition coefficient (Wildman–Crippen LogP) is 2.19. The van der Waals surface area contributed by atoms with E-state index in [0.717, 1.165) is 24.5 Å². The van der Waals surface area contributed by atoms with Gasteiger partial charge in [-0.25, -0.2) is 0 Å². The van der Waals surface area contributed by atoms with Crippen LogP contribution in [0, 0.1) is 0 Å². The Kier molecular flexibility index (Phi) is 4.55. The van der Waals surface area contributed by atoms with Crippen LogP contribution in [0.2, 0.25) is 0 Å². The highest BCUT2D eigenvalue weighted by Crippen LogP contribution is 2.37. The summed E-state index contributed by atoms with van der Waals surface area (Å²) in [5.74, 6) is 0.817. The Morgan fingerprint density at radius 2 is 1.95 bits per heavy atom. The zero-order chi connectivity index (χ0) is 14.8. The van der Waals surface area contributed by atoms with E-state index in [1.807, 2.05) is 12.1 Å². The molecule has 4 nitrogen and oxygen atoms in total. The molecule has 4 heteroatoms. The molecular weight excluding hydrogens is 250 g/mol. The maximum atomic E-state index is 6.10. The van der Waals surface area contributed by atoms with Gasteiger partial charge in [-0.15, -0.1) is 0 Å². The number of nitrogens with two attached hydrogens (primary N) is 1. The number of methoxy groups -OCH3 is 1. The summed E-state index contributed by atoms with van der Waals surface area (Å²) >= 11 is 0. The molecule has 0 radical (unpaired) electrons. The van der Waals surface area contributed by atoms with E-state index >= 15 is 0 Å². The summed E-state index contributed by atoms with van der Waals surface area (Å²) < 4.78 is 5.19. The van der Waals surface area contributed by atoms with Crippen molar-refractivity contribution < 1.29 is 4.74 Å². The third-order valence-electron chi connectivity index (χ3n) is 4.59. The van der Waals surface area contributed by atoms with Crippen LogP contribution in [-0.4, -0.2) is 50.1 Å². The number of nitrogen functional groups attached to an aromatic ring is 1. The standard InChI is InChI=1S/C16H27N3O/c1-18(2)16(8-5-9-16)12-19(3)11-13-6-7-14(20-4)10-15(13)17/h6-7,10H,5,8-9,11-12,17H2,1-4H3. The summed E-state index contributed by atoms with van der Waals surface area (Å²) in [5.41, 5.74) is 8.43. The number of hydrogen-bond donors (Lipinski definition) is 1. The van der Waals surface area contributed by atoms with E-state index in [9.17, 15) is 0 Å². The molecule has 112 valence electrons. The van der Waals surface area contributed by atoms with Gasteiger partial charge in [0.2, 0.25) is 0 Å². The van der Waals surface area contributed by atoms with Crippen molar-refractivity contribution in [3.8, 4) is 5.75 Å². The molecule has 2 rings (SSSR count). The smallest absolute Gasteiger partial charge is 0.120 e. The first-order valence-corrected chi connectivity index (χ1v) is 7.25. The number of anilines is 1. The van der Waals surface area contributed by atoms with Crippen molar-refractivity contribution >= 4 is 5.69 Å². The van der Waals surface area contributed by atoms with Gasteiger partial charge in [0.15, 0.2) is 0 Å². The molecule has 1 aromatic rings. The molecule has 1 aliphatic carbocycles. The normalized spacial score (nSPS) is 17.3. The maximum absolute atomic E-state index is 6.10. The van der Waals surface area contributed by atoms with Crippen molar-refractivity contribution in [3.63, 3.8) is 0 Å². The zero-order valence-corrected chi connectivity index (χ0v) is 13.1. The van der Waals surface area contributed by atoms with Gasteiger partial charge in [0.1, 0.15) is 5.75 Å². The number of hydrogen-bond acceptors (Lipinski definition) is 4. The Bertz CT molecular complexity index is 455. The van der Waals surface area contributed by atoms with Gasteiger partial charge in [0.25, 0.3) is 0 Å². The molecule has 0 aliphatic heterocycles. The molecule has 0 bridgehead atoms. The van der Waals surface area contributed by atoms with Crippen molar-refractivity contribution in [2.45, 2.75) is 31.3 Å². The second-order valence-electron chi connectivity index (χ2n) is 6.21. The molecule has 1 fully saturated rings. The molecule has 20 heavy (non-hydrogen) atoms. The van der Waals surface area contributed by atoms with Crippen LogP contribution in [0.15, 0.2) is 18.2 Å². The number of benzene rings is 1.